The van der Waals surface area contributed by atoms with E-state index in [0.717, 1.165) is 28.5 Å². The molecule has 0 radical (unpaired) electrons. The van der Waals surface area contributed by atoms with Crippen LogP contribution in [0, 0.1) is 13.8 Å². The van der Waals surface area contributed by atoms with E-state index in [-0.39, 0.29) is 6.04 Å². The van der Waals surface area contributed by atoms with E-state index in [4.69, 9.17) is 5.73 Å². The van der Waals surface area contributed by atoms with Crippen LogP contribution in [0.2, 0.25) is 0 Å². The van der Waals surface area contributed by atoms with Gasteiger partial charge in [0.05, 0.1) is 6.04 Å². The molecule has 0 saturated heterocycles. The van der Waals surface area contributed by atoms with Gasteiger partial charge < -0.3 is 11.1 Å². The largest absolute Gasteiger partial charge is 0.399 e. The number of aromatic nitrogens is 1. The average molecular weight is 261 g/mol. The molecule has 0 bridgehead atoms. The van der Waals surface area contributed by atoms with Crippen LogP contribution in [0.4, 0.5) is 5.69 Å². The predicted molar refractivity (Wildman–Crippen MR) is 77.7 cm³/mol. The first-order valence-electron chi connectivity index (χ1n) is 6.06. The van der Waals surface area contributed by atoms with Crippen LogP contribution in [0.25, 0.3) is 0 Å². The van der Waals surface area contributed by atoms with Gasteiger partial charge in [-0.15, -0.1) is 11.3 Å². The number of thiazole rings is 1. The molecule has 1 unspecified atom stereocenters. The molecule has 18 heavy (non-hydrogen) atoms. The van der Waals surface area contributed by atoms with Gasteiger partial charge in [0.1, 0.15) is 5.01 Å². The summed E-state index contributed by atoms with van der Waals surface area (Å²) in [6, 6.07) is 6.47. The Kier molecular flexibility index (Phi) is 3.99. The number of aryl methyl sites for hydroxylation is 2. The number of benzene rings is 1. The minimum atomic E-state index is 0.270. The van der Waals surface area contributed by atoms with E-state index < -0.39 is 0 Å². The summed E-state index contributed by atoms with van der Waals surface area (Å²) in [7, 11) is 0. The number of nitrogens with zero attached hydrogens (tertiary/aromatic N) is 1. The standard InChI is InChI=1S/C14H19N3S/c1-9-4-5-12(6-13(9)15)7-16-11(3)14-17-10(2)8-18-14/h4-6,8,11,16H,7,15H2,1-3H3. The van der Waals surface area contributed by atoms with Crippen molar-refractivity contribution < 1.29 is 0 Å². The molecule has 0 aliphatic carbocycles. The number of anilines is 1. The molecule has 2 aromatic rings. The van der Waals surface area contributed by atoms with Gasteiger partial charge in [0, 0.05) is 23.3 Å². The summed E-state index contributed by atoms with van der Waals surface area (Å²) in [5.41, 5.74) is 10.2. The van der Waals surface area contributed by atoms with Crippen LogP contribution in [-0.2, 0) is 6.54 Å². The first-order chi connectivity index (χ1) is 8.56. The van der Waals surface area contributed by atoms with Crippen LogP contribution < -0.4 is 11.1 Å². The third-order valence-corrected chi connectivity index (χ3v) is 4.11. The van der Waals surface area contributed by atoms with E-state index in [1.807, 2.05) is 19.9 Å². The third kappa shape index (κ3) is 3.09. The molecule has 0 fully saturated rings. The van der Waals surface area contributed by atoms with Gasteiger partial charge in [-0.2, -0.15) is 0 Å². The maximum absolute atomic E-state index is 5.90. The van der Waals surface area contributed by atoms with Crippen LogP contribution in [0.5, 0.6) is 0 Å². The Hall–Kier alpha value is -1.39. The molecule has 3 nitrogen and oxygen atoms in total. The molecule has 96 valence electrons. The van der Waals surface area contributed by atoms with Crippen molar-refractivity contribution in [3.05, 3.63) is 45.4 Å². The molecule has 4 heteroatoms. The lowest BCUT2D eigenvalue weighted by Crippen LogP contribution is -2.18. The molecule has 0 spiro atoms. The summed E-state index contributed by atoms with van der Waals surface area (Å²) < 4.78 is 0. The van der Waals surface area contributed by atoms with E-state index in [0.29, 0.717) is 0 Å². The van der Waals surface area contributed by atoms with Crippen molar-refractivity contribution >= 4 is 17.0 Å². The Bertz CT molecular complexity index is 534. The third-order valence-electron chi connectivity index (χ3n) is 2.96. The first-order valence-corrected chi connectivity index (χ1v) is 6.94. The Morgan fingerprint density at radius 1 is 1.39 bits per heavy atom. The zero-order valence-electron chi connectivity index (χ0n) is 11.0. The van der Waals surface area contributed by atoms with Gasteiger partial charge in [-0.05, 0) is 38.0 Å². The number of nitrogens with two attached hydrogens (primary N) is 1. The minimum absolute atomic E-state index is 0.270. The molecule has 2 rings (SSSR count). The molecule has 0 aliphatic heterocycles. The quantitative estimate of drug-likeness (QED) is 0.831. The molecule has 0 amide bonds. The fourth-order valence-corrected chi connectivity index (χ4v) is 2.56. The summed E-state index contributed by atoms with van der Waals surface area (Å²) in [5, 5.41) is 6.68. The van der Waals surface area contributed by atoms with Crippen molar-refractivity contribution in [1.82, 2.24) is 10.3 Å². The molecule has 1 aromatic carbocycles. The Labute approximate surface area is 112 Å². The zero-order chi connectivity index (χ0) is 13.1. The molecular formula is C14H19N3S. The van der Waals surface area contributed by atoms with Crippen molar-refractivity contribution in [3.63, 3.8) is 0 Å². The maximum atomic E-state index is 5.90. The van der Waals surface area contributed by atoms with Crippen LogP contribution in [-0.4, -0.2) is 4.98 Å². The summed E-state index contributed by atoms with van der Waals surface area (Å²) in [6.45, 7) is 6.99. The number of hydrogen-bond donors (Lipinski definition) is 2. The first kappa shape index (κ1) is 13.1. The van der Waals surface area contributed by atoms with Gasteiger partial charge in [0.15, 0.2) is 0 Å². The van der Waals surface area contributed by atoms with E-state index >= 15 is 0 Å². The van der Waals surface area contributed by atoms with Crippen molar-refractivity contribution in [1.29, 1.82) is 0 Å². The molecule has 1 aromatic heterocycles. The number of nitrogen functional groups attached to an aromatic ring is 1. The van der Waals surface area contributed by atoms with E-state index in [1.54, 1.807) is 11.3 Å². The molecule has 3 N–H and O–H groups in total. The zero-order valence-corrected chi connectivity index (χ0v) is 11.8. The van der Waals surface area contributed by atoms with Crippen molar-refractivity contribution in [2.75, 3.05) is 5.73 Å². The van der Waals surface area contributed by atoms with Gasteiger partial charge in [0.25, 0.3) is 0 Å². The van der Waals surface area contributed by atoms with Gasteiger partial charge in [-0.3, -0.25) is 0 Å². The van der Waals surface area contributed by atoms with Gasteiger partial charge >= 0.3 is 0 Å². The molecular weight excluding hydrogens is 242 g/mol. The smallest absolute Gasteiger partial charge is 0.110 e. The predicted octanol–water partition coefficient (Wildman–Crippen LogP) is 3.19. The summed E-state index contributed by atoms with van der Waals surface area (Å²) >= 11 is 1.70. The fraction of sp³-hybridized carbons (Fsp3) is 0.357. The second-order valence-corrected chi connectivity index (χ2v) is 5.51. The topological polar surface area (TPSA) is 50.9 Å². The molecule has 1 heterocycles. The van der Waals surface area contributed by atoms with Gasteiger partial charge in [-0.1, -0.05) is 12.1 Å². The van der Waals surface area contributed by atoms with Crippen molar-refractivity contribution in [2.24, 2.45) is 0 Å². The average Bonchev–Trinajstić information content (AvgIpc) is 2.77. The van der Waals surface area contributed by atoms with Crippen LogP contribution in [0.3, 0.4) is 0 Å². The van der Waals surface area contributed by atoms with Crippen molar-refractivity contribution in [2.45, 2.75) is 33.4 Å². The van der Waals surface area contributed by atoms with Gasteiger partial charge in [0.2, 0.25) is 0 Å². The lowest BCUT2D eigenvalue weighted by Gasteiger charge is -2.12. The normalized spacial score (nSPS) is 12.6. The SMILES string of the molecule is Cc1csc(C(C)NCc2ccc(C)c(N)c2)n1. The monoisotopic (exact) mass is 261 g/mol. The minimum Gasteiger partial charge on any atom is -0.399 e. The Morgan fingerprint density at radius 3 is 2.78 bits per heavy atom. The van der Waals surface area contributed by atoms with Crippen molar-refractivity contribution in [3.8, 4) is 0 Å². The molecule has 0 saturated carbocycles. The Morgan fingerprint density at radius 2 is 2.17 bits per heavy atom. The maximum Gasteiger partial charge on any atom is 0.110 e. The highest BCUT2D eigenvalue weighted by atomic mass is 32.1. The second kappa shape index (κ2) is 5.50. The highest BCUT2D eigenvalue weighted by Gasteiger charge is 2.08. The fourth-order valence-electron chi connectivity index (χ4n) is 1.73. The summed E-state index contributed by atoms with van der Waals surface area (Å²) in [6.07, 6.45) is 0. The molecule has 0 aliphatic rings. The summed E-state index contributed by atoms with van der Waals surface area (Å²) in [4.78, 5) is 4.49. The number of rotatable bonds is 4. The van der Waals surface area contributed by atoms with E-state index in [1.165, 1.54) is 5.56 Å². The lowest BCUT2D eigenvalue weighted by atomic mass is 10.1. The van der Waals surface area contributed by atoms with Crippen LogP contribution >= 0.6 is 11.3 Å². The van der Waals surface area contributed by atoms with Crippen LogP contribution in [0.1, 0.15) is 34.8 Å². The van der Waals surface area contributed by atoms with Crippen LogP contribution in [0.15, 0.2) is 23.6 Å². The second-order valence-electron chi connectivity index (χ2n) is 4.62. The number of hydrogen-bond acceptors (Lipinski definition) is 4. The van der Waals surface area contributed by atoms with E-state index in [2.05, 4.69) is 34.7 Å². The molecule has 1 atom stereocenters. The highest BCUT2D eigenvalue weighted by Crippen LogP contribution is 2.18. The highest BCUT2D eigenvalue weighted by molar-refractivity contribution is 7.09. The summed E-state index contributed by atoms with van der Waals surface area (Å²) in [5.74, 6) is 0. The van der Waals surface area contributed by atoms with Gasteiger partial charge in [-0.25, -0.2) is 4.98 Å². The van der Waals surface area contributed by atoms with E-state index in [9.17, 15) is 0 Å². The lowest BCUT2D eigenvalue weighted by molar-refractivity contribution is 0.571. The number of nitrogens with one attached hydrogen (secondary N) is 1. The Balaban J connectivity index is 1.97.